The fourth-order valence-electron chi connectivity index (χ4n) is 2.44. The van der Waals surface area contributed by atoms with Gasteiger partial charge in [-0.25, -0.2) is 4.79 Å². The van der Waals surface area contributed by atoms with Gasteiger partial charge in [0.15, 0.2) is 11.5 Å². The van der Waals surface area contributed by atoms with Crippen LogP contribution >= 0.6 is 0 Å². The Kier molecular flexibility index (Phi) is 5.42. The zero-order chi connectivity index (χ0) is 17.1. The number of aliphatic hydroxyl groups is 3. The summed E-state index contributed by atoms with van der Waals surface area (Å²) in [4.78, 5) is 11.1. The molecule has 4 atom stereocenters. The van der Waals surface area contributed by atoms with Gasteiger partial charge in [-0.3, -0.25) is 0 Å². The number of hydrogen-bond donors (Lipinski definition) is 4. The quantitative estimate of drug-likeness (QED) is 0.591. The summed E-state index contributed by atoms with van der Waals surface area (Å²) >= 11 is 0. The molecule has 0 spiro atoms. The molecule has 1 saturated heterocycles. The van der Waals surface area contributed by atoms with E-state index in [1.54, 1.807) is 6.92 Å². The van der Waals surface area contributed by atoms with Crippen molar-refractivity contribution in [2.24, 2.45) is 0 Å². The predicted octanol–water partition coefficient (Wildman–Crippen LogP) is -0.0903. The lowest BCUT2D eigenvalue weighted by Gasteiger charge is -2.36. The summed E-state index contributed by atoms with van der Waals surface area (Å²) in [7, 11) is 1.38. The number of methoxy groups -OCH3 is 1. The van der Waals surface area contributed by atoms with Crippen molar-refractivity contribution in [2.45, 2.75) is 37.9 Å². The van der Waals surface area contributed by atoms with E-state index in [1.165, 1.54) is 19.2 Å². The minimum absolute atomic E-state index is 0.000935. The number of carboxylic acid groups (broad SMARTS) is 1. The number of aromatic carboxylic acids is 1. The van der Waals surface area contributed by atoms with Gasteiger partial charge in [-0.15, -0.1) is 0 Å². The van der Waals surface area contributed by atoms with Crippen molar-refractivity contribution in [1.29, 1.82) is 0 Å². The van der Waals surface area contributed by atoms with E-state index in [0.717, 1.165) is 0 Å². The third-order valence-electron chi connectivity index (χ3n) is 3.67. The van der Waals surface area contributed by atoms with Crippen molar-refractivity contribution in [3.63, 3.8) is 0 Å². The van der Waals surface area contributed by atoms with E-state index in [9.17, 15) is 20.1 Å². The zero-order valence-electron chi connectivity index (χ0n) is 12.8. The van der Waals surface area contributed by atoms with Gasteiger partial charge in [-0.2, -0.15) is 0 Å². The molecule has 8 heteroatoms. The van der Waals surface area contributed by atoms with Gasteiger partial charge in [0, 0.05) is 6.42 Å². The normalized spacial score (nSPS) is 27.5. The van der Waals surface area contributed by atoms with Crippen molar-refractivity contribution in [1.82, 2.24) is 0 Å². The van der Waals surface area contributed by atoms with Gasteiger partial charge in [-0.05, 0) is 24.6 Å². The number of aryl methyl sites for hydroxylation is 1. The first-order valence-electron chi connectivity index (χ1n) is 7.08. The number of aliphatic hydroxyl groups excluding tert-OH is 3. The van der Waals surface area contributed by atoms with Crippen LogP contribution in [0.2, 0.25) is 0 Å². The topological polar surface area (TPSA) is 126 Å². The van der Waals surface area contributed by atoms with E-state index in [-0.39, 0.29) is 23.5 Å². The van der Waals surface area contributed by atoms with Crippen molar-refractivity contribution in [3.8, 4) is 11.5 Å². The monoisotopic (exact) mass is 328 g/mol. The fourth-order valence-corrected chi connectivity index (χ4v) is 2.44. The van der Waals surface area contributed by atoms with Crippen molar-refractivity contribution in [3.05, 3.63) is 23.3 Å². The highest BCUT2D eigenvalue weighted by Crippen LogP contribution is 2.35. The van der Waals surface area contributed by atoms with Crippen LogP contribution in [0.25, 0.3) is 0 Å². The maximum Gasteiger partial charge on any atom is 0.335 e. The van der Waals surface area contributed by atoms with Crippen LogP contribution in [-0.2, 0) is 4.74 Å². The molecular formula is C15H20O8. The summed E-state index contributed by atoms with van der Waals surface area (Å²) in [5.41, 5.74) is 0.575. The first kappa shape index (κ1) is 17.5. The second kappa shape index (κ2) is 7.14. The highest BCUT2D eigenvalue weighted by molar-refractivity contribution is 5.89. The Morgan fingerprint density at radius 3 is 2.65 bits per heavy atom. The zero-order valence-corrected chi connectivity index (χ0v) is 12.8. The number of hydrogen-bond acceptors (Lipinski definition) is 7. The third-order valence-corrected chi connectivity index (χ3v) is 3.67. The molecule has 0 saturated carbocycles. The molecule has 0 aromatic heterocycles. The van der Waals surface area contributed by atoms with Crippen molar-refractivity contribution < 1.29 is 39.4 Å². The molecule has 4 N–H and O–H groups in total. The molecule has 0 bridgehead atoms. The van der Waals surface area contributed by atoms with Gasteiger partial charge >= 0.3 is 5.97 Å². The Bertz CT molecular complexity index is 573. The molecule has 0 radical (unpaired) electrons. The molecule has 0 unspecified atom stereocenters. The predicted molar refractivity (Wildman–Crippen MR) is 77.7 cm³/mol. The van der Waals surface area contributed by atoms with E-state index in [2.05, 4.69) is 0 Å². The van der Waals surface area contributed by atoms with Crippen LogP contribution in [0.1, 0.15) is 22.3 Å². The lowest BCUT2D eigenvalue weighted by Crippen LogP contribution is -2.51. The Labute approximate surface area is 132 Å². The van der Waals surface area contributed by atoms with E-state index >= 15 is 0 Å². The lowest BCUT2D eigenvalue weighted by atomic mass is 10.0. The smallest absolute Gasteiger partial charge is 0.335 e. The highest BCUT2D eigenvalue weighted by atomic mass is 16.7. The summed E-state index contributed by atoms with van der Waals surface area (Å²) in [5.74, 6) is -0.597. The van der Waals surface area contributed by atoms with Crippen LogP contribution in [-0.4, -0.2) is 64.7 Å². The summed E-state index contributed by atoms with van der Waals surface area (Å²) in [5, 5.41) is 37.7. The second-order valence-electron chi connectivity index (χ2n) is 5.33. The maximum atomic E-state index is 11.1. The SMILES string of the molecule is COc1cc(C(=O)O)cc(C)c1O[C@H]1C[C@@H](O)[C@H](O)[C@@H](CO)O1. The van der Waals surface area contributed by atoms with E-state index in [0.29, 0.717) is 5.56 Å². The Hall–Kier alpha value is -1.87. The minimum atomic E-state index is -1.20. The van der Waals surface area contributed by atoms with E-state index in [1.807, 2.05) is 0 Å². The molecule has 2 rings (SSSR count). The highest BCUT2D eigenvalue weighted by Gasteiger charge is 2.37. The summed E-state index contributed by atoms with van der Waals surface area (Å²) in [6.45, 7) is 1.19. The third kappa shape index (κ3) is 3.73. The number of rotatable bonds is 5. The van der Waals surface area contributed by atoms with E-state index < -0.39 is 37.2 Å². The van der Waals surface area contributed by atoms with E-state index in [4.69, 9.17) is 19.3 Å². The van der Waals surface area contributed by atoms with Gasteiger partial charge in [0.05, 0.1) is 25.4 Å². The summed E-state index contributed by atoms with van der Waals surface area (Å²) < 4.78 is 16.2. The van der Waals surface area contributed by atoms with Crippen LogP contribution in [0.4, 0.5) is 0 Å². The second-order valence-corrected chi connectivity index (χ2v) is 5.33. The molecule has 8 nitrogen and oxygen atoms in total. The first-order valence-corrected chi connectivity index (χ1v) is 7.08. The van der Waals surface area contributed by atoms with Crippen LogP contribution in [0.5, 0.6) is 11.5 Å². The molecule has 0 aliphatic carbocycles. The molecule has 0 amide bonds. The molecule has 1 heterocycles. The molecule has 1 aromatic carbocycles. The molecule has 1 fully saturated rings. The minimum Gasteiger partial charge on any atom is -0.493 e. The Morgan fingerprint density at radius 1 is 1.39 bits per heavy atom. The Morgan fingerprint density at radius 2 is 2.09 bits per heavy atom. The molecule has 1 aliphatic rings. The van der Waals surface area contributed by atoms with Gasteiger partial charge < -0.3 is 34.6 Å². The standard InChI is InChI=1S/C15H20O8/c1-7-3-8(15(19)20)4-10(21-2)14(7)23-12-5-9(17)13(18)11(6-16)22-12/h3-4,9,11-13,16-18H,5-6H2,1-2H3,(H,19,20)/t9-,11-,12+,13+/m1/s1. The summed E-state index contributed by atoms with van der Waals surface area (Å²) in [6.07, 6.45) is -4.17. The van der Waals surface area contributed by atoms with Crippen LogP contribution < -0.4 is 9.47 Å². The van der Waals surface area contributed by atoms with Crippen LogP contribution in [0.3, 0.4) is 0 Å². The van der Waals surface area contributed by atoms with Gasteiger partial charge in [0.25, 0.3) is 0 Å². The number of carbonyl (C=O) groups is 1. The van der Waals surface area contributed by atoms with Gasteiger partial charge in [0.1, 0.15) is 12.2 Å². The van der Waals surface area contributed by atoms with Crippen LogP contribution in [0, 0.1) is 6.92 Å². The lowest BCUT2D eigenvalue weighted by molar-refractivity contribution is -0.230. The largest absolute Gasteiger partial charge is 0.493 e. The number of ether oxygens (including phenoxy) is 3. The molecule has 23 heavy (non-hydrogen) atoms. The Balaban J connectivity index is 2.24. The summed E-state index contributed by atoms with van der Waals surface area (Å²) in [6, 6.07) is 2.75. The van der Waals surface area contributed by atoms with Gasteiger partial charge in [-0.1, -0.05) is 0 Å². The fraction of sp³-hybridized carbons (Fsp3) is 0.533. The number of carboxylic acids is 1. The first-order chi connectivity index (χ1) is 10.9. The molecule has 1 aliphatic heterocycles. The molecule has 1 aromatic rings. The van der Waals surface area contributed by atoms with Crippen LogP contribution in [0.15, 0.2) is 12.1 Å². The van der Waals surface area contributed by atoms with Crippen molar-refractivity contribution in [2.75, 3.05) is 13.7 Å². The average molecular weight is 328 g/mol. The maximum absolute atomic E-state index is 11.1. The van der Waals surface area contributed by atoms with Gasteiger partial charge in [0.2, 0.25) is 6.29 Å². The average Bonchev–Trinajstić information content (AvgIpc) is 2.51. The molecule has 128 valence electrons. The molecular weight excluding hydrogens is 308 g/mol. The number of benzene rings is 1. The van der Waals surface area contributed by atoms with Crippen molar-refractivity contribution >= 4 is 5.97 Å².